The Labute approximate surface area is 211 Å². The second-order valence-electron chi connectivity index (χ2n) is 9.15. The third kappa shape index (κ3) is 4.62. The van der Waals surface area contributed by atoms with E-state index in [2.05, 4.69) is 14.8 Å². The molecule has 1 amide bonds. The van der Waals surface area contributed by atoms with E-state index >= 15 is 0 Å². The minimum Gasteiger partial charge on any atom is -0.369 e. The molecule has 1 atom stereocenters. The molecule has 9 heteroatoms. The number of carbonyl (C=O) groups excluding carboxylic acids is 1. The second-order valence-corrected chi connectivity index (χ2v) is 9.15. The maximum atomic E-state index is 15.0. The molecule has 1 aliphatic rings. The van der Waals surface area contributed by atoms with Crippen LogP contribution in [0, 0.1) is 23.3 Å². The summed E-state index contributed by atoms with van der Waals surface area (Å²) in [6.07, 6.45) is 0. The van der Waals surface area contributed by atoms with E-state index in [-0.39, 0.29) is 17.0 Å². The molecule has 0 spiro atoms. The molecule has 5 nitrogen and oxygen atoms in total. The summed E-state index contributed by atoms with van der Waals surface area (Å²) >= 11 is 0. The molecule has 0 radical (unpaired) electrons. The number of hydrogen-bond donors (Lipinski definition) is 1. The molecule has 3 aromatic carbocycles. The van der Waals surface area contributed by atoms with Gasteiger partial charge in [0.25, 0.3) is 0 Å². The summed E-state index contributed by atoms with van der Waals surface area (Å²) in [6, 6.07) is 13.4. The van der Waals surface area contributed by atoms with Crippen molar-refractivity contribution in [1.82, 2.24) is 9.88 Å². The zero-order chi connectivity index (χ0) is 26.3. The highest BCUT2D eigenvalue weighted by Crippen LogP contribution is 2.38. The minimum absolute atomic E-state index is 0.0130. The fourth-order valence-corrected chi connectivity index (χ4v) is 4.86. The number of piperazine rings is 1. The first kappa shape index (κ1) is 24.7. The highest BCUT2D eigenvalue weighted by atomic mass is 19.1. The van der Waals surface area contributed by atoms with Crippen LogP contribution in [0.25, 0.3) is 22.0 Å². The number of primary amides is 1. The van der Waals surface area contributed by atoms with Crippen molar-refractivity contribution in [1.29, 1.82) is 0 Å². The molecule has 1 aliphatic heterocycles. The molecular formula is C28H24F4N4O. The summed E-state index contributed by atoms with van der Waals surface area (Å²) in [5.74, 6) is -6.11. The lowest BCUT2D eigenvalue weighted by Crippen LogP contribution is -2.44. The fourth-order valence-electron chi connectivity index (χ4n) is 4.86. The zero-order valence-corrected chi connectivity index (χ0v) is 20.0. The number of nitrogens with two attached hydrogens (primary N) is 1. The number of halogens is 4. The molecule has 1 saturated heterocycles. The number of fused-ring (bicyclic) bond motifs is 1. The van der Waals surface area contributed by atoms with E-state index in [4.69, 9.17) is 5.73 Å². The third-order valence-corrected chi connectivity index (χ3v) is 6.77. The van der Waals surface area contributed by atoms with Gasteiger partial charge in [0, 0.05) is 59.8 Å². The van der Waals surface area contributed by atoms with Gasteiger partial charge in [-0.25, -0.2) is 17.6 Å². The monoisotopic (exact) mass is 508 g/mol. The molecule has 2 heterocycles. The Morgan fingerprint density at radius 3 is 2.19 bits per heavy atom. The Balaban J connectivity index is 1.81. The number of hydrogen-bond acceptors (Lipinski definition) is 4. The van der Waals surface area contributed by atoms with Gasteiger partial charge < -0.3 is 15.5 Å². The van der Waals surface area contributed by atoms with Crippen molar-refractivity contribution < 1.29 is 22.4 Å². The quantitative estimate of drug-likeness (QED) is 0.393. The fraction of sp³-hybridized carbons (Fsp3) is 0.214. The number of nitrogens with zero attached hydrogens (tertiary/aromatic N) is 3. The second kappa shape index (κ2) is 9.82. The topological polar surface area (TPSA) is 62.5 Å². The van der Waals surface area contributed by atoms with Crippen LogP contribution >= 0.6 is 0 Å². The first-order valence-electron chi connectivity index (χ1n) is 11.8. The van der Waals surface area contributed by atoms with Crippen LogP contribution < -0.4 is 10.6 Å². The Bertz CT molecular complexity index is 1480. The summed E-state index contributed by atoms with van der Waals surface area (Å²) in [5.41, 5.74) is 5.99. The van der Waals surface area contributed by atoms with E-state index < -0.39 is 40.7 Å². The summed E-state index contributed by atoms with van der Waals surface area (Å²) in [6.45, 7) is 3.07. The molecule has 0 aliphatic carbocycles. The lowest BCUT2D eigenvalue weighted by Gasteiger charge is -2.35. The number of amides is 1. The Morgan fingerprint density at radius 2 is 1.54 bits per heavy atom. The largest absolute Gasteiger partial charge is 0.369 e. The van der Waals surface area contributed by atoms with Crippen LogP contribution in [-0.2, 0) is 4.79 Å². The van der Waals surface area contributed by atoms with Gasteiger partial charge in [-0.15, -0.1) is 0 Å². The van der Waals surface area contributed by atoms with Gasteiger partial charge in [0.15, 0.2) is 0 Å². The molecule has 190 valence electrons. The van der Waals surface area contributed by atoms with Gasteiger partial charge in [-0.05, 0) is 43.4 Å². The number of pyridine rings is 1. The Morgan fingerprint density at radius 1 is 0.865 bits per heavy atom. The van der Waals surface area contributed by atoms with E-state index in [1.807, 2.05) is 19.2 Å². The SMILES string of the molecule is CN1CCN(c2cccc3c(-c4ccc(F)cc4F)nc(C(C(N)=O)c4c(F)cccc4F)cc23)CC1. The van der Waals surface area contributed by atoms with Crippen molar-refractivity contribution in [2.24, 2.45) is 5.73 Å². The first-order valence-corrected chi connectivity index (χ1v) is 11.8. The predicted octanol–water partition coefficient (Wildman–Crippen LogP) is 4.83. The smallest absolute Gasteiger partial charge is 0.231 e. The molecule has 0 saturated carbocycles. The summed E-state index contributed by atoms with van der Waals surface area (Å²) < 4.78 is 58.3. The van der Waals surface area contributed by atoms with E-state index in [0.717, 1.165) is 43.0 Å². The standard InChI is InChI=1S/C28H24F4N4O/c1-35-10-12-36(13-11-35)24-7-2-4-17-19(24)15-23(34-27(17)18-9-8-16(29)14-22(18)32)26(28(33)37)25-20(30)5-3-6-21(25)31/h2-9,14-15,26H,10-13H2,1H3,(H2,33,37). The number of rotatable bonds is 5. The molecule has 1 fully saturated rings. The van der Waals surface area contributed by atoms with Gasteiger partial charge in [-0.1, -0.05) is 18.2 Å². The van der Waals surface area contributed by atoms with Gasteiger partial charge in [0.2, 0.25) is 5.91 Å². The molecule has 5 rings (SSSR count). The van der Waals surface area contributed by atoms with Gasteiger partial charge in [-0.2, -0.15) is 0 Å². The van der Waals surface area contributed by atoms with Crippen LogP contribution in [-0.4, -0.2) is 49.0 Å². The average Bonchev–Trinajstić information content (AvgIpc) is 2.86. The lowest BCUT2D eigenvalue weighted by molar-refractivity contribution is -0.118. The van der Waals surface area contributed by atoms with Crippen LogP contribution in [0.5, 0.6) is 0 Å². The zero-order valence-electron chi connectivity index (χ0n) is 20.0. The maximum absolute atomic E-state index is 15.0. The van der Waals surface area contributed by atoms with Crippen molar-refractivity contribution in [2.45, 2.75) is 5.92 Å². The van der Waals surface area contributed by atoms with Crippen molar-refractivity contribution in [3.8, 4) is 11.3 Å². The van der Waals surface area contributed by atoms with Gasteiger partial charge >= 0.3 is 0 Å². The van der Waals surface area contributed by atoms with Crippen LogP contribution in [0.4, 0.5) is 23.2 Å². The number of aromatic nitrogens is 1. The predicted molar refractivity (Wildman–Crippen MR) is 134 cm³/mol. The van der Waals surface area contributed by atoms with Crippen molar-refractivity contribution in [3.05, 3.63) is 95.2 Å². The molecule has 0 bridgehead atoms. The van der Waals surface area contributed by atoms with E-state index in [0.29, 0.717) is 23.9 Å². The summed E-state index contributed by atoms with van der Waals surface area (Å²) in [4.78, 5) is 21.5. The normalized spacial score (nSPS) is 15.2. The molecule has 37 heavy (non-hydrogen) atoms. The summed E-state index contributed by atoms with van der Waals surface area (Å²) in [5, 5.41) is 1.15. The van der Waals surface area contributed by atoms with Crippen LogP contribution in [0.3, 0.4) is 0 Å². The highest BCUT2D eigenvalue weighted by molar-refractivity contribution is 6.03. The molecule has 1 unspecified atom stereocenters. The summed E-state index contributed by atoms with van der Waals surface area (Å²) in [7, 11) is 2.03. The van der Waals surface area contributed by atoms with Crippen molar-refractivity contribution >= 4 is 22.4 Å². The van der Waals surface area contributed by atoms with Crippen LogP contribution in [0.1, 0.15) is 17.2 Å². The molecule has 4 aromatic rings. The number of benzene rings is 3. The lowest BCUT2D eigenvalue weighted by atomic mass is 9.91. The Kier molecular flexibility index (Phi) is 6.55. The number of likely N-dealkylation sites (N-methyl/N-ethyl adjacent to an activating group) is 1. The van der Waals surface area contributed by atoms with E-state index in [1.54, 1.807) is 12.1 Å². The minimum atomic E-state index is -1.58. The van der Waals surface area contributed by atoms with Crippen molar-refractivity contribution in [2.75, 3.05) is 38.1 Å². The number of anilines is 1. The van der Waals surface area contributed by atoms with Gasteiger partial charge in [0.1, 0.15) is 29.2 Å². The van der Waals surface area contributed by atoms with Gasteiger partial charge in [0.05, 0.1) is 11.4 Å². The van der Waals surface area contributed by atoms with Crippen LogP contribution in [0.15, 0.2) is 60.7 Å². The van der Waals surface area contributed by atoms with E-state index in [9.17, 15) is 22.4 Å². The van der Waals surface area contributed by atoms with E-state index in [1.165, 1.54) is 12.1 Å². The molecule has 2 N–H and O–H groups in total. The maximum Gasteiger partial charge on any atom is 0.231 e. The number of carbonyl (C=O) groups is 1. The molecular weight excluding hydrogens is 484 g/mol. The Hall–Kier alpha value is -3.98. The van der Waals surface area contributed by atoms with Crippen LogP contribution in [0.2, 0.25) is 0 Å². The van der Waals surface area contributed by atoms with Gasteiger partial charge in [-0.3, -0.25) is 9.78 Å². The first-order chi connectivity index (χ1) is 17.7. The van der Waals surface area contributed by atoms with Crippen molar-refractivity contribution in [3.63, 3.8) is 0 Å². The molecule has 1 aromatic heterocycles. The third-order valence-electron chi connectivity index (χ3n) is 6.77. The average molecular weight is 509 g/mol. The highest BCUT2D eigenvalue weighted by Gasteiger charge is 2.30.